The van der Waals surface area contributed by atoms with Gasteiger partial charge in [0.05, 0.1) is 23.8 Å². The molecule has 0 aliphatic rings. The quantitative estimate of drug-likeness (QED) is 0.285. The molecule has 1 heterocycles. The van der Waals surface area contributed by atoms with Crippen molar-refractivity contribution in [3.05, 3.63) is 69.6 Å². The van der Waals surface area contributed by atoms with Crippen molar-refractivity contribution in [1.29, 1.82) is 0 Å². The molecule has 0 aliphatic heterocycles. The number of nitrogens with one attached hydrogen (secondary N) is 1. The Hall–Kier alpha value is -3.53. The van der Waals surface area contributed by atoms with E-state index in [9.17, 15) is 18.9 Å². The lowest BCUT2D eigenvalue weighted by atomic mass is 10.1. The van der Waals surface area contributed by atoms with Gasteiger partial charge in [0, 0.05) is 30.6 Å². The van der Waals surface area contributed by atoms with Crippen LogP contribution < -0.4 is 14.8 Å². The average molecular weight is 433 g/mol. The van der Waals surface area contributed by atoms with Gasteiger partial charge < -0.3 is 19.2 Å². The van der Waals surface area contributed by atoms with E-state index in [4.69, 9.17) is 9.15 Å². The van der Waals surface area contributed by atoms with Gasteiger partial charge in [-0.25, -0.2) is 4.98 Å². The first-order valence-electron chi connectivity index (χ1n) is 9.41. The minimum atomic E-state index is -3.12. The van der Waals surface area contributed by atoms with Gasteiger partial charge in [-0.2, -0.15) is 8.78 Å². The van der Waals surface area contributed by atoms with Gasteiger partial charge in [-0.1, -0.05) is 18.2 Å². The van der Waals surface area contributed by atoms with Crippen LogP contribution in [0, 0.1) is 17.0 Å². The van der Waals surface area contributed by atoms with Gasteiger partial charge in [0.15, 0.2) is 11.5 Å². The lowest BCUT2D eigenvalue weighted by Crippen LogP contribution is -2.18. The zero-order valence-corrected chi connectivity index (χ0v) is 16.9. The van der Waals surface area contributed by atoms with Crippen molar-refractivity contribution in [1.82, 2.24) is 10.3 Å². The Kier molecular flexibility index (Phi) is 7.14. The molecule has 0 bridgehead atoms. The first kappa shape index (κ1) is 22.2. The van der Waals surface area contributed by atoms with E-state index in [-0.39, 0.29) is 29.3 Å². The van der Waals surface area contributed by atoms with E-state index in [0.717, 1.165) is 17.3 Å². The molecule has 0 spiro atoms. The number of halogens is 2. The van der Waals surface area contributed by atoms with E-state index >= 15 is 0 Å². The van der Waals surface area contributed by atoms with Gasteiger partial charge in [0.2, 0.25) is 5.89 Å². The number of rotatable bonds is 10. The zero-order chi connectivity index (χ0) is 22.4. The second-order valence-corrected chi connectivity index (χ2v) is 6.58. The van der Waals surface area contributed by atoms with Crippen LogP contribution in [0.15, 0.2) is 46.9 Å². The molecule has 1 N–H and O–H groups in total. The second kappa shape index (κ2) is 9.98. The lowest BCUT2D eigenvalue weighted by Gasteiger charge is -2.12. The standard InChI is InChI=1S/C21H21F2N3O5/c1-13-16(25-20(30-13)14-6-4-3-5-7-14)8-9-24-12-15-10-18(29-2)19(31-21(22)23)11-17(15)26(27)28/h3-7,10-11,21,24H,8-9,12H2,1-2H3. The van der Waals surface area contributed by atoms with Crippen molar-refractivity contribution in [2.45, 2.75) is 26.5 Å². The van der Waals surface area contributed by atoms with Crippen molar-refractivity contribution in [3.63, 3.8) is 0 Å². The van der Waals surface area contributed by atoms with Crippen LogP contribution in [0.3, 0.4) is 0 Å². The fourth-order valence-electron chi connectivity index (χ4n) is 3.04. The number of aromatic nitrogens is 1. The van der Waals surface area contributed by atoms with Gasteiger partial charge in [-0.05, 0) is 25.1 Å². The fraction of sp³-hybridized carbons (Fsp3) is 0.286. The number of hydrogen-bond acceptors (Lipinski definition) is 7. The monoisotopic (exact) mass is 433 g/mol. The van der Waals surface area contributed by atoms with Crippen molar-refractivity contribution < 1.29 is 27.6 Å². The highest BCUT2D eigenvalue weighted by Crippen LogP contribution is 2.35. The molecular formula is C21H21F2N3O5. The van der Waals surface area contributed by atoms with Gasteiger partial charge in [0.1, 0.15) is 5.76 Å². The molecule has 3 rings (SSSR count). The molecule has 1 aromatic heterocycles. The molecule has 0 unspecified atom stereocenters. The van der Waals surface area contributed by atoms with Crippen LogP contribution in [0.2, 0.25) is 0 Å². The molecule has 3 aromatic rings. The molecule has 0 saturated heterocycles. The fourth-order valence-corrected chi connectivity index (χ4v) is 3.04. The largest absolute Gasteiger partial charge is 0.493 e. The third kappa shape index (κ3) is 5.54. The number of methoxy groups -OCH3 is 1. The number of hydrogen-bond donors (Lipinski definition) is 1. The number of aryl methyl sites for hydroxylation is 1. The summed E-state index contributed by atoms with van der Waals surface area (Å²) in [5, 5.41) is 14.5. The van der Waals surface area contributed by atoms with Crippen LogP contribution in [0.25, 0.3) is 11.5 Å². The van der Waals surface area contributed by atoms with E-state index in [1.54, 1.807) is 0 Å². The smallest absolute Gasteiger partial charge is 0.387 e. The average Bonchev–Trinajstić information content (AvgIpc) is 3.12. The van der Waals surface area contributed by atoms with E-state index in [2.05, 4.69) is 15.0 Å². The lowest BCUT2D eigenvalue weighted by molar-refractivity contribution is -0.385. The Labute approximate surface area is 177 Å². The molecule has 0 radical (unpaired) electrons. The first-order valence-corrected chi connectivity index (χ1v) is 9.41. The van der Waals surface area contributed by atoms with E-state index in [0.29, 0.717) is 24.6 Å². The van der Waals surface area contributed by atoms with Crippen molar-refractivity contribution in [2.24, 2.45) is 0 Å². The molecular weight excluding hydrogens is 412 g/mol. The highest BCUT2D eigenvalue weighted by Gasteiger charge is 2.21. The third-order valence-corrected chi connectivity index (χ3v) is 4.55. The van der Waals surface area contributed by atoms with Crippen molar-refractivity contribution >= 4 is 5.69 Å². The summed E-state index contributed by atoms with van der Waals surface area (Å²) in [6.45, 7) is -0.698. The Balaban J connectivity index is 1.66. The summed E-state index contributed by atoms with van der Waals surface area (Å²) in [6.07, 6.45) is 0.541. The van der Waals surface area contributed by atoms with Crippen LogP contribution in [-0.4, -0.2) is 30.2 Å². The van der Waals surface area contributed by atoms with Crippen LogP contribution in [0.5, 0.6) is 11.5 Å². The molecule has 2 aromatic carbocycles. The zero-order valence-electron chi connectivity index (χ0n) is 16.9. The molecule has 31 heavy (non-hydrogen) atoms. The molecule has 0 saturated carbocycles. The number of alkyl halides is 2. The number of nitrogens with zero attached hydrogens (tertiary/aromatic N) is 2. The maximum Gasteiger partial charge on any atom is 0.387 e. The summed E-state index contributed by atoms with van der Waals surface area (Å²) in [4.78, 5) is 15.2. The van der Waals surface area contributed by atoms with Crippen LogP contribution >= 0.6 is 0 Å². The van der Waals surface area contributed by atoms with Gasteiger partial charge in [-0.15, -0.1) is 0 Å². The molecule has 0 fully saturated rings. The highest BCUT2D eigenvalue weighted by molar-refractivity contribution is 5.54. The summed E-state index contributed by atoms with van der Waals surface area (Å²) in [6, 6.07) is 11.8. The molecule has 0 aliphatic carbocycles. The molecule has 8 nitrogen and oxygen atoms in total. The minimum Gasteiger partial charge on any atom is -0.493 e. The molecule has 10 heteroatoms. The summed E-state index contributed by atoms with van der Waals surface area (Å²) < 4.78 is 40.2. The van der Waals surface area contributed by atoms with Crippen LogP contribution in [0.4, 0.5) is 14.5 Å². The van der Waals surface area contributed by atoms with Gasteiger partial charge in [-0.3, -0.25) is 10.1 Å². The number of oxazole rings is 1. The van der Waals surface area contributed by atoms with Crippen LogP contribution in [0.1, 0.15) is 17.0 Å². The normalized spacial score (nSPS) is 11.0. The first-order chi connectivity index (χ1) is 14.9. The number of nitro groups is 1. The predicted octanol–water partition coefficient (Wildman–Crippen LogP) is 4.50. The van der Waals surface area contributed by atoms with Gasteiger partial charge in [0.25, 0.3) is 5.69 Å². The SMILES string of the molecule is COc1cc(CNCCc2nc(-c3ccccc3)oc2C)c([N+](=O)[O-])cc1OC(F)F. The Morgan fingerprint density at radius 3 is 2.61 bits per heavy atom. The summed E-state index contributed by atoms with van der Waals surface area (Å²) >= 11 is 0. The number of nitro benzene ring substituents is 1. The molecule has 0 amide bonds. The van der Waals surface area contributed by atoms with E-state index < -0.39 is 11.5 Å². The maximum atomic E-state index is 12.5. The van der Waals surface area contributed by atoms with Crippen LogP contribution in [-0.2, 0) is 13.0 Å². The highest BCUT2D eigenvalue weighted by atomic mass is 19.3. The third-order valence-electron chi connectivity index (χ3n) is 4.55. The number of benzene rings is 2. The van der Waals surface area contributed by atoms with Crippen molar-refractivity contribution in [3.8, 4) is 23.0 Å². The predicted molar refractivity (Wildman–Crippen MR) is 108 cm³/mol. The molecule has 0 atom stereocenters. The number of ether oxygens (including phenoxy) is 2. The summed E-state index contributed by atoms with van der Waals surface area (Å²) in [7, 11) is 1.27. The molecule has 164 valence electrons. The maximum absolute atomic E-state index is 12.5. The topological polar surface area (TPSA) is 99.7 Å². The summed E-state index contributed by atoms with van der Waals surface area (Å²) in [5.41, 5.74) is 1.59. The van der Waals surface area contributed by atoms with E-state index in [1.165, 1.54) is 13.2 Å². The second-order valence-electron chi connectivity index (χ2n) is 6.58. The summed E-state index contributed by atoms with van der Waals surface area (Å²) in [5.74, 6) is 0.826. The van der Waals surface area contributed by atoms with Gasteiger partial charge >= 0.3 is 6.61 Å². The Bertz CT molecular complexity index is 1040. The Morgan fingerprint density at radius 1 is 1.23 bits per heavy atom. The Morgan fingerprint density at radius 2 is 1.97 bits per heavy atom. The van der Waals surface area contributed by atoms with E-state index in [1.807, 2.05) is 37.3 Å². The van der Waals surface area contributed by atoms with Crippen molar-refractivity contribution in [2.75, 3.05) is 13.7 Å². The minimum absolute atomic E-state index is 0.0115.